The quantitative estimate of drug-likeness (QED) is 0.832. The number of imidazole rings is 1. The molecule has 1 aliphatic carbocycles. The van der Waals surface area contributed by atoms with Crippen molar-refractivity contribution in [1.82, 2.24) is 14.9 Å². The maximum Gasteiger partial charge on any atom is 0.280 e. The van der Waals surface area contributed by atoms with E-state index >= 15 is 0 Å². The van der Waals surface area contributed by atoms with Crippen LogP contribution in [-0.4, -0.2) is 29.9 Å². The van der Waals surface area contributed by atoms with Gasteiger partial charge in [-0.05, 0) is 12.8 Å². The number of nitrogens with one attached hydrogen (secondary N) is 1. The number of aromatic nitrogens is 2. The summed E-state index contributed by atoms with van der Waals surface area (Å²) in [5.41, 5.74) is 0. The van der Waals surface area contributed by atoms with Crippen LogP contribution < -0.4 is 5.32 Å². The molecule has 0 bridgehead atoms. The van der Waals surface area contributed by atoms with Crippen LogP contribution in [0.2, 0.25) is 0 Å². The molecule has 1 aliphatic rings. The second kappa shape index (κ2) is 6.13. The van der Waals surface area contributed by atoms with Gasteiger partial charge in [0.1, 0.15) is 12.4 Å². The zero-order valence-corrected chi connectivity index (χ0v) is 12.9. The van der Waals surface area contributed by atoms with E-state index in [9.17, 15) is 13.2 Å². The number of hydrogen-bond acceptors (Lipinski definition) is 4. The van der Waals surface area contributed by atoms with E-state index in [4.69, 9.17) is 10.7 Å². The van der Waals surface area contributed by atoms with Gasteiger partial charge in [-0.15, -0.1) is 0 Å². The van der Waals surface area contributed by atoms with E-state index < -0.39 is 9.05 Å². The molecule has 1 amide bonds. The lowest BCUT2D eigenvalue weighted by atomic mass is 10.2. The van der Waals surface area contributed by atoms with Gasteiger partial charge >= 0.3 is 0 Å². The van der Waals surface area contributed by atoms with Crippen LogP contribution in [0, 0.1) is 0 Å². The van der Waals surface area contributed by atoms with Crippen LogP contribution in [0.1, 0.15) is 38.4 Å². The van der Waals surface area contributed by atoms with E-state index in [1.165, 1.54) is 6.20 Å². The molecule has 0 aromatic carbocycles. The highest BCUT2D eigenvalue weighted by Crippen LogP contribution is 2.18. The largest absolute Gasteiger partial charge is 0.352 e. The molecule has 2 rings (SSSR count). The molecular weight excluding hydrogens is 302 g/mol. The number of hydrogen-bond donors (Lipinski definition) is 1. The molecule has 0 radical (unpaired) electrons. The van der Waals surface area contributed by atoms with Gasteiger partial charge in [-0.3, -0.25) is 4.79 Å². The van der Waals surface area contributed by atoms with Crippen molar-refractivity contribution in [2.24, 2.45) is 0 Å². The predicted octanol–water partition coefficient (Wildman–Crippen LogP) is 1.43. The van der Waals surface area contributed by atoms with Crippen LogP contribution in [0.15, 0.2) is 11.2 Å². The van der Waals surface area contributed by atoms with Crippen molar-refractivity contribution >= 4 is 25.6 Å². The van der Waals surface area contributed by atoms with Crippen molar-refractivity contribution in [1.29, 1.82) is 0 Å². The first-order chi connectivity index (χ1) is 9.40. The Balaban J connectivity index is 2.07. The molecule has 0 spiro atoms. The van der Waals surface area contributed by atoms with Crippen molar-refractivity contribution in [3.05, 3.63) is 12.0 Å². The minimum Gasteiger partial charge on any atom is -0.352 e. The molecule has 0 atom stereocenters. The summed E-state index contributed by atoms with van der Waals surface area (Å²) in [5, 5.41) is 2.75. The van der Waals surface area contributed by atoms with Gasteiger partial charge < -0.3 is 9.88 Å². The lowest BCUT2D eigenvalue weighted by Crippen LogP contribution is -2.35. The highest BCUT2D eigenvalue weighted by molar-refractivity contribution is 8.13. The molecule has 1 aromatic rings. The van der Waals surface area contributed by atoms with E-state index in [0.717, 1.165) is 25.7 Å². The minimum absolute atomic E-state index is 0.0685. The first kappa shape index (κ1) is 15.3. The highest BCUT2D eigenvalue weighted by Gasteiger charge is 2.20. The summed E-state index contributed by atoms with van der Waals surface area (Å²) < 4.78 is 24.1. The summed E-state index contributed by atoms with van der Waals surface area (Å²) in [6.07, 6.45) is 6.16. The van der Waals surface area contributed by atoms with Crippen molar-refractivity contribution in [3.63, 3.8) is 0 Å². The standard InChI is InChI=1S/C12H18ClN3O3S/c1-2-10-15-12(20(13,18)19)8-16(10)7-11(17)14-9-5-3-4-6-9/h8-9H,2-7H2,1H3,(H,14,17). The lowest BCUT2D eigenvalue weighted by Gasteiger charge is -2.12. The Morgan fingerprint density at radius 2 is 2.15 bits per heavy atom. The topological polar surface area (TPSA) is 81.1 Å². The van der Waals surface area contributed by atoms with Gasteiger partial charge in [-0.1, -0.05) is 19.8 Å². The van der Waals surface area contributed by atoms with Gasteiger partial charge in [0.05, 0.1) is 0 Å². The first-order valence-corrected chi connectivity index (χ1v) is 9.01. The fraction of sp³-hybridized carbons (Fsp3) is 0.667. The van der Waals surface area contributed by atoms with Crippen molar-refractivity contribution < 1.29 is 13.2 Å². The molecule has 1 N–H and O–H groups in total. The number of rotatable bonds is 5. The minimum atomic E-state index is -3.86. The Hall–Kier alpha value is -1.08. The van der Waals surface area contributed by atoms with Gasteiger partial charge in [-0.2, -0.15) is 0 Å². The molecule has 1 fully saturated rings. The molecule has 0 aliphatic heterocycles. The Morgan fingerprint density at radius 3 is 2.70 bits per heavy atom. The zero-order chi connectivity index (χ0) is 14.8. The molecular formula is C12H18ClN3O3S. The smallest absolute Gasteiger partial charge is 0.280 e. The monoisotopic (exact) mass is 319 g/mol. The van der Waals surface area contributed by atoms with Crippen LogP contribution in [0.25, 0.3) is 0 Å². The second-order valence-electron chi connectivity index (χ2n) is 4.96. The van der Waals surface area contributed by atoms with Gasteiger partial charge in [0.25, 0.3) is 9.05 Å². The molecule has 0 unspecified atom stereocenters. The summed E-state index contributed by atoms with van der Waals surface area (Å²) in [6.45, 7) is 1.91. The second-order valence-corrected chi connectivity index (χ2v) is 7.48. The zero-order valence-electron chi connectivity index (χ0n) is 11.3. The molecule has 0 saturated heterocycles. The number of amides is 1. The van der Waals surface area contributed by atoms with Crippen molar-refractivity contribution in [2.45, 2.75) is 56.6 Å². The van der Waals surface area contributed by atoms with Crippen molar-refractivity contribution in [3.8, 4) is 0 Å². The molecule has 1 heterocycles. The Morgan fingerprint density at radius 1 is 1.50 bits per heavy atom. The molecule has 1 saturated carbocycles. The third-order valence-electron chi connectivity index (χ3n) is 3.44. The Labute approximate surface area is 122 Å². The number of carbonyl (C=O) groups is 1. The van der Waals surface area contributed by atoms with E-state index in [1.807, 2.05) is 6.92 Å². The first-order valence-electron chi connectivity index (χ1n) is 6.70. The average Bonchev–Trinajstić information content (AvgIpc) is 2.97. The fourth-order valence-corrected chi connectivity index (χ4v) is 3.15. The predicted molar refractivity (Wildman–Crippen MR) is 75.0 cm³/mol. The van der Waals surface area contributed by atoms with E-state index in [1.54, 1.807) is 4.57 Å². The Kier molecular flexibility index (Phi) is 4.70. The van der Waals surface area contributed by atoms with E-state index in [-0.39, 0.29) is 23.5 Å². The van der Waals surface area contributed by atoms with Gasteiger partial charge in [-0.25, -0.2) is 13.4 Å². The van der Waals surface area contributed by atoms with Gasteiger partial charge in [0.15, 0.2) is 5.03 Å². The van der Waals surface area contributed by atoms with Crippen LogP contribution in [0.4, 0.5) is 0 Å². The maximum absolute atomic E-state index is 12.0. The Bertz CT molecular complexity index is 591. The molecule has 1 aromatic heterocycles. The van der Waals surface area contributed by atoms with Crippen LogP contribution in [-0.2, 0) is 26.8 Å². The summed E-state index contributed by atoms with van der Waals surface area (Å²) >= 11 is 0. The fourth-order valence-electron chi connectivity index (χ4n) is 2.46. The average molecular weight is 320 g/mol. The SMILES string of the molecule is CCc1nc(S(=O)(=O)Cl)cn1CC(=O)NC1CCCC1. The van der Waals surface area contributed by atoms with E-state index in [2.05, 4.69) is 10.3 Å². The van der Waals surface area contributed by atoms with Crippen LogP contribution in [0.3, 0.4) is 0 Å². The summed E-state index contributed by atoms with van der Waals surface area (Å²) in [6, 6.07) is 0.243. The third-order valence-corrected chi connectivity index (χ3v) is 4.61. The van der Waals surface area contributed by atoms with Crippen LogP contribution in [0.5, 0.6) is 0 Å². The van der Waals surface area contributed by atoms with E-state index in [0.29, 0.717) is 12.2 Å². The summed E-state index contributed by atoms with van der Waals surface area (Å²) in [7, 11) is 1.41. The molecule has 6 nitrogen and oxygen atoms in total. The number of carbonyl (C=O) groups excluding carboxylic acids is 1. The molecule has 112 valence electrons. The molecule has 8 heteroatoms. The summed E-state index contributed by atoms with van der Waals surface area (Å²) in [4.78, 5) is 15.9. The number of aryl methyl sites for hydroxylation is 1. The highest BCUT2D eigenvalue weighted by atomic mass is 35.7. The van der Waals surface area contributed by atoms with Gasteiger partial charge in [0.2, 0.25) is 5.91 Å². The molecule has 20 heavy (non-hydrogen) atoms. The third kappa shape index (κ3) is 3.73. The number of nitrogens with zero attached hydrogens (tertiary/aromatic N) is 2. The van der Waals surface area contributed by atoms with Crippen LogP contribution >= 0.6 is 10.7 Å². The van der Waals surface area contributed by atoms with Crippen molar-refractivity contribution in [2.75, 3.05) is 0 Å². The maximum atomic E-state index is 12.0. The lowest BCUT2D eigenvalue weighted by molar-refractivity contribution is -0.122. The number of halogens is 1. The normalized spacial score (nSPS) is 16.5. The summed E-state index contributed by atoms with van der Waals surface area (Å²) in [5.74, 6) is 0.410. The van der Waals surface area contributed by atoms with Gasteiger partial charge in [0, 0.05) is 29.3 Å².